The molecular weight excluding hydrogens is 359 g/mol. The summed E-state index contributed by atoms with van der Waals surface area (Å²) in [4.78, 5) is 38.4. The molecule has 0 aromatic rings. The number of rotatable bonds is 5. The highest BCUT2D eigenvalue weighted by molar-refractivity contribution is 6.00. The highest BCUT2D eigenvalue weighted by atomic mass is 19.1. The van der Waals surface area contributed by atoms with Crippen molar-refractivity contribution >= 4 is 18.2 Å². The summed E-state index contributed by atoms with van der Waals surface area (Å²) in [6.45, 7) is 9.74. The SMILES string of the molecule is COC(=O)[C@]1(N(C(=O)OC(C)(C)C)C(=O)OC(C)(C)C)C[C@@]1(F)CCCN. The van der Waals surface area contributed by atoms with Crippen molar-refractivity contribution in [3.63, 3.8) is 0 Å². The minimum absolute atomic E-state index is 0.110. The Kier molecular flexibility index (Phi) is 6.52. The first kappa shape index (κ1) is 23.1. The van der Waals surface area contributed by atoms with Crippen molar-refractivity contribution in [1.29, 1.82) is 0 Å². The Balaban J connectivity index is 3.38. The third-order valence-electron chi connectivity index (χ3n) is 3.99. The number of nitrogens with two attached hydrogens (primary N) is 1. The van der Waals surface area contributed by atoms with E-state index >= 15 is 4.39 Å². The molecule has 2 atom stereocenters. The molecule has 1 aliphatic carbocycles. The number of nitrogens with zero attached hydrogens (tertiary/aromatic N) is 1. The Morgan fingerprint density at radius 3 is 1.81 bits per heavy atom. The summed E-state index contributed by atoms with van der Waals surface area (Å²) in [6, 6.07) is 0. The van der Waals surface area contributed by atoms with Gasteiger partial charge in [0.25, 0.3) is 0 Å². The van der Waals surface area contributed by atoms with Gasteiger partial charge in [0.15, 0.2) is 5.54 Å². The highest BCUT2D eigenvalue weighted by Gasteiger charge is 2.80. The number of methoxy groups -OCH3 is 1. The normalized spacial score (nSPS) is 24.8. The van der Waals surface area contributed by atoms with Crippen LogP contribution in [-0.4, -0.2) is 59.1 Å². The van der Waals surface area contributed by atoms with Gasteiger partial charge >= 0.3 is 18.2 Å². The largest absolute Gasteiger partial charge is 0.467 e. The lowest BCUT2D eigenvalue weighted by Crippen LogP contribution is -2.57. The van der Waals surface area contributed by atoms with Crippen molar-refractivity contribution in [2.75, 3.05) is 13.7 Å². The number of hydrogen-bond donors (Lipinski definition) is 1. The van der Waals surface area contributed by atoms with E-state index < -0.39 is 47.0 Å². The summed E-state index contributed by atoms with van der Waals surface area (Å²) in [7, 11) is 1.06. The Labute approximate surface area is 159 Å². The van der Waals surface area contributed by atoms with E-state index in [-0.39, 0.29) is 19.4 Å². The van der Waals surface area contributed by atoms with Crippen molar-refractivity contribution in [2.45, 2.75) is 83.2 Å². The van der Waals surface area contributed by atoms with E-state index in [9.17, 15) is 14.4 Å². The molecule has 0 unspecified atom stereocenters. The quantitative estimate of drug-likeness (QED) is 0.568. The Hall–Kier alpha value is -1.90. The van der Waals surface area contributed by atoms with E-state index in [1.807, 2.05) is 0 Å². The lowest BCUT2D eigenvalue weighted by molar-refractivity contribution is -0.150. The van der Waals surface area contributed by atoms with Crippen LogP contribution in [0.1, 0.15) is 60.8 Å². The Morgan fingerprint density at radius 1 is 1.04 bits per heavy atom. The van der Waals surface area contributed by atoms with Crippen molar-refractivity contribution < 1.29 is 33.0 Å². The summed E-state index contributed by atoms with van der Waals surface area (Å²) >= 11 is 0. The molecule has 0 bridgehead atoms. The zero-order valence-electron chi connectivity index (χ0n) is 17.2. The van der Waals surface area contributed by atoms with Gasteiger partial charge < -0.3 is 19.9 Å². The van der Waals surface area contributed by atoms with E-state index in [1.54, 1.807) is 41.5 Å². The second kappa shape index (κ2) is 7.61. The first-order valence-corrected chi connectivity index (χ1v) is 8.87. The summed E-state index contributed by atoms with van der Waals surface area (Å²) in [5.74, 6) is -1.04. The molecule has 2 N–H and O–H groups in total. The van der Waals surface area contributed by atoms with Gasteiger partial charge in [-0.2, -0.15) is 4.90 Å². The maximum atomic E-state index is 15.5. The third kappa shape index (κ3) is 5.09. The van der Waals surface area contributed by atoms with Crippen molar-refractivity contribution in [1.82, 2.24) is 4.90 Å². The molecule has 0 aliphatic heterocycles. The van der Waals surface area contributed by atoms with E-state index in [1.165, 1.54) is 0 Å². The monoisotopic (exact) mass is 390 g/mol. The zero-order valence-corrected chi connectivity index (χ0v) is 17.2. The molecule has 0 saturated heterocycles. The van der Waals surface area contributed by atoms with Crippen molar-refractivity contribution in [2.24, 2.45) is 5.73 Å². The van der Waals surface area contributed by atoms with Crippen LogP contribution >= 0.6 is 0 Å². The number of halogens is 1. The Bertz CT molecular complexity index is 570. The fraction of sp³-hybridized carbons (Fsp3) is 0.833. The van der Waals surface area contributed by atoms with Gasteiger partial charge in [0.1, 0.15) is 16.9 Å². The predicted molar refractivity (Wildman–Crippen MR) is 95.8 cm³/mol. The minimum Gasteiger partial charge on any atom is -0.467 e. The average Bonchev–Trinajstić information content (AvgIpc) is 3.07. The van der Waals surface area contributed by atoms with Crippen LogP contribution in [0.15, 0.2) is 0 Å². The molecule has 0 aromatic carbocycles. The van der Waals surface area contributed by atoms with Gasteiger partial charge in [0, 0.05) is 6.42 Å². The summed E-state index contributed by atoms with van der Waals surface area (Å²) in [6.07, 6.45) is -2.58. The van der Waals surface area contributed by atoms with E-state index in [2.05, 4.69) is 0 Å². The molecule has 1 rings (SSSR count). The molecule has 9 heteroatoms. The molecule has 1 fully saturated rings. The molecule has 2 amide bonds. The number of carbonyl (C=O) groups excluding carboxylic acids is 3. The fourth-order valence-corrected chi connectivity index (χ4v) is 2.83. The van der Waals surface area contributed by atoms with Gasteiger partial charge in [0.2, 0.25) is 0 Å². The first-order chi connectivity index (χ1) is 12.1. The van der Waals surface area contributed by atoms with Crippen LogP contribution in [0.4, 0.5) is 14.0 Å². The standard InChI is InChI=1S/C18H31FN2O6/c1-15(2,3)26-13(23)21(14(24)27-16(4,5)6)18(12(22)25-7)11-17(18,19)9-8-10-20/h8-11,20H2,1-7H3/t17-,18+/m0/s1. The first-order valence-electron chi connectivity index (χ1n) is 8.87. The smallest absolute Gasteiger partial charge is 0.420 e. The third-order valence-corrected chi connectivity index (χ3v) is 3.99. The number of alkyl halides is 1. The van der Waals surface area contributed by atoms with Crippen LogP contribution in [0.3, 0.4) is 0 Å². The predicted octanol–water partition coefficient (Wildman–Crippen LogP) is 2.92. The molecule has 0 heterocycles. The van der Waals surface area contributed by atoms with Crippen LogP contribution in [0.25, 0.3) is 0 Å². The van der Waals surface area contributed by atoms with Gasteiger partial charge in [-0.05, 0) is 60.9 Å². The number of amides is 2. The molecule has 0 aromatic heterocycles. The molecule has 0 spiro atoms. The second-order valence-corrected chi connectivity index (χ2v) is 8.68. The maximum Gasteiger partial charge on any atom is 0.420 e. The van der Waals surface area contributed by atoms with Gasteiger partial charge in [-0.25, -0.2) is 18.8 Å². The fourth-order valence-electron chi connectivity index (χ4n) is 2.83. The second-order valence-electron chi connectivity index (χ2n) is 8.68. The van der Waals surface area contributed by atoms with Crippen LogP contribution in [0.5, 0.6) is 0 Å². The Morgan fingerprint density at radius 2 is 1.48 bits per heavy atom. The summed E-state index contributed by atoms with van der Waals surface area (Å²) < 4.78 is 30.7. The van der Waals surface area contributed by atoms with Gasteiger partial charge in [-0.1, -0.05) is 0 Å². The zero-order chi connectivity index (χ0) is 21.3. The maximum absolute atomic E-state index is 15.5. The van der Waals surface area contributed by atoms with Gasteiger partial charge in [-0.15, -0.1) is 0 Å². The summed E-state index contributed by atoms with van der Waals surface area (Å²) in [5.41, 5.74) is -0.798. The van der Waals surface area contributed by atoms with E-state index in [0.717, 1.165) is 7.11 Å². The molecule has 0 radical (unpaired) electrons. The number of imide groups is 1. The number of ether oxygens (including phenoxy) is 3. The average molecular weight is 390 g/mol. The lowest BCUT2D eigenvalue weighted by Gasteiger charge is -2.33. The molecule has 8 nitrogen and oxygen atoms in total. The van der Waals surface area contributed by atoms with Gasteiger partial charge in [-0.3, -0.25) is 0 Å². The highest BCUT2D eigenvalue weighted by Crippen LogP contribution is 2.59. The van der Waals surface area contributed by atoms with Gasteiger partial charge in [0.05, 0.1) is 7.11 Å². The van der Waals surface area contributed by atoms with Crippen LogP contribution in [0, 0.1) is 0 Å². The van der Waals surface area contributed by atoms with E-state index in [4.69, 9.17) is 19.9 Å². The van der Waals surface area contributed by atoms with Crippen LogP contribution in [-0.2, 0) is 19.0 Å². The molecule has 1 aliphatic rings. The van der Waals surface area contributed by atoms with Crippen LogP contribution in [0.2, 0.25) is 0 Å². The van der Waals surface area contributed by atoms with Crippen molar-refractivity contribution in [3.05, 3.63) is 0 Å². The van der Waals surface area contributed by atoms with E-state index in [0.29, 0.717) is 4.90 Å². The van der Waals surface area contributed by atoms with Crippen molar-refractivity contribution in [3.8, 4) is 0 Å². The molecular formula is C18H31FN2O6. The topological polar surface area (TPSA) is 108 Å². The molecule has 1 saturated carbocycles. The number of esters is 1. The number of hydrogen-bond acceptors (Lipinski definition) is 7. The molecule has 27 heavy (non-hydrogen) atoms. The molecule has 156 valence electrons. The lowest BCUT2D eigenvalue weighted by atomic mass is 10.1. The van der Waals surface area contributed by atoms with Crippen LogP contribution < -0.4 is 5.73 Å². The minimum atomic E-state index is -2.16. The summed E-state index contributed by atoms with van der Waals surface area (Å²) in [5, 5.41) is 0. The number of carbonyl (C=O) groups is 3.